The molecule has 0 aliphatic rings. The maximum atomic E-state index is 12.8. The van der Waals surface area contributed by atoms with Gasteiger partial charge >= 0.3 is 12.1 Å². The highest BCUT2D eigenvalue weighted by Crippen LogP contribution is 2.35. The Morgan fingerprint density at radius 2 is 1.84 bits per heavy atom. The summed E-state index contributed by atoms with van der Waals surface area (Å²) in [7, 11) is 0. The Balaban J connectivity index is 1.97. The molecule has 0 aliphatic carbocycles. The molecule has 0 spiro atoms. The van der Waals surface area contributed by atoms with Gasteiger partial charge in [0.15, 0.2) is 5.65 Å². The summed E-state index contributed by atoms with van der Waals surface area (Å²) in [6, 6.07) is 9.46. The van der Waals surface area contributed by atoms with Gasteiger partial charge in [-0.15, -0.1) is 11.3 Å². The summed E-state index contributed by atoms with van der Waals surface area (Å²) in [5.74, 6) is -1.04. The van der Waals surface area contributed by atoms with Crippen LogP contribution < -0.4 is 0 Å². The summed E-state index contributed by atoms with van der Waals surface area (Å²) in [6.07, 6.45) is -4.40. The van der Waals surface area contributed by atoms with E-state index in [0.717, 1.165) is 16.8 Å². The number of benzene rings is 2. The molecule has 0 bridgehead atoms. The molecule has 2 aromatic carbocycles. The Morgan fingerprint density at radius 1 is 1.12 bits per heavy atom. The summed E-state index contributed by atoms with van der Waals surface area (Å²) in [5, 5.41) is 9.88. The summed E-state index contributed by atoms with van der Waals surface area (Å²) < 4.78 is 40.8. The maximum Gasteiger partial charge on any atom is 0.416 e. The fraction of sp³-hybridized carbons (Fsp3) is 0.0588. The van der Waals surface area contributed by atoms with Gasteiger partial charge in [-0.2, -0.15) is 13.2 Å². The van der Waals surface area contributed by atoms with Crippen molar-refractivity contribution in [3.8, 4) is 5.69 Å². The van der Waals surface area contributed by atoms with Crippen molar-refractivity contribution in [1.29, 1.82) is 0 Å². The third kappa shape index (κ3) is 2.45. The van der Waals surface area contributed by atoms with Crippen molar-refractivity contribution in [2.24, 2.45) is 0 Å². The molecule has 0 fully saturated rings. The SMILES string of the molecule is O=C(O)c1ccc2c(c1)c1scnc1n2-c1ccc(C(F)(F)F)cc1. The van der Waals surface area contributed by atoms with Crippen LogP contribution in [0, 0.1) is 0 Å². The van der Waals surface area contributed by atoms with E-state index in [2.05, 4.69) is 4.98 Å². The Labute approximate surface area is 142 Å². The van der Waals surface area contributed by atoms with E-state index in [1.807, 2.05) is 0 Å². The number of halogens is 3. The molecule has 2 aromatic heterocycles. The summed E-state index contributed by atoms with van der Waals surface area (Å²) >= 11 is 1.36. The Kier molecular flexibility index (Phi) is 3.33. The van der Waals surface area contributed by atoms with Gasteiger partial charge in [0.1, 0.15) is 0 Å². The predicted octanol–water partition coefficient (Wildman–Crippen LogP) is 4.96. The van der Waals surface area contributed by atoms with Crippen LogP contribution in [0.2, 0.25) is 0 Å². The molecule has 0 amide bonds. The van der Waals surface area contributed by atoms with Crippen molar-refractivity contribution in [2.45, 2.75) is 6.18 Å². The Morgan fingerprint density at radius 3 is 2.48 bits per heavy atom. The summed E-state index contributed by atoms with van der Waals surface area (Å²) in [4.78, 5) is 15.5. The first-order valence-electron chi connectivity index (χ1n) is 7.15. The first-order valence-corrected chi connectivity index (χ1v) is 8.03. The van der Waals surface area contributed by atoms with E-state index in [9.17, 15) is 23.1 Å². The number of hydrogen-bond acceptors (Lipinski definition) is 3. The highest BCUT2D eigenvalue weighted by atomic mass is 32.1. The van der Waals surface area contributed by atoms with Crippen LogP contribution in [-0.4, -0.2) is 20.6 Å². The molecular formula is C17H9F3N2O2S. The van der Waals surface area contributed by atoms with Gasteiger partial charge in [0.2, 0.25) is 0 Å². The van der Waals surface area contributed by atoms with Crippen molar-refractivity contribution in [3.05, 3.63) is 59.1 Å². The quantitative estimate of drug-likeness (QED) is 0.548. The Bertz CT molecular complexity index is 1110. The lowest BCUT2D eigenvalue weighted by atomic mass is 10.1. The zero-order chi connectivity index (χ0) is 17.8. The van der Waals surface area contributed by atoms with Crippen molar-refractivity contribution < 1.29 is 23.1 Å². The standard InChI is InChI=1S/C17H9F3N2O2S/c18-17(19,20)10-2-4-11(5-3-10)22-13-6-1-9(16(23)24)7-12(13)14-15(22)21-8-25-14/h1-8H,(H,23,24). The number of thiazole rings is 1. The van der Waals surface area contributed by atoms with Gasteiger partial charge in [-0.05, 0) is 42.5 Å². The number of carboxylic acid groups (broad SMARTS) is 1. The first kappa shape index (κ1) is 15.6. The molecule has 1 N–H and O–H groups in total. The smallest absolute Gasteiger partial charge is 0.416 e. The third-order valence-corrected chi connectivity index (χ3v) is 4.79. The van der Waals surface area contributed by atoms with Gasteiger partial charge in [0.05, 0.1) is 26.9 Å². The zero-order valence-corrected chi connectivity index (χ0v) is 13.2. The second-order valence-electron chi connectivity index (χ2n) is 5.42. The molecule has 25 heavy (non-hydrogen) atoms. The van der Waals surface area contributed by atoms with Gasteiger partial charge in [-0.25, -0.2) is 9.78 Å². The van der Waals surface area contributed by atoms with Crippen LogP contribution in [0.15, 0.2) is 48.0 Å². The van der Waals surface area contributed by atoms with Gasteiger partial charge in [-0.3, -0.25) is 4.57 Å². The van der Waals surface area contributed by atoms with Crippen molar-refractivity contribution in [1.82, 2.24) is 9.55 Å². The zero-order valence-electron chi connectivity index (χ0n) is 12.4. The fourth-order valence-electron chi connectivity index (χ4n) is 2.80. The van der Waals surface area contributed by atoms with Crippen LogP contribution >= 0.6 is 11.3 Å². The number of fused-ring (bicyclic) bond motifs is 3. The molecule has 2 heterocycles. The molecule has 4 nitrogen and oxygen atoms in total. The molecule has 0 aliphatic heterocycles. The summed E-state index contributed by atoms with van der Waals surface area (Å²) in [5.41, 5.74) is 2.85. The average Bonchev–Trinajstić information content (AvgIpc) is 3.14. The van der Waals surface area contributed by atoms with Crippen LogP contribution in [0.5, 0.6) is 0 Å². The second-order valence-corrected chi connectivity index (χ2v) is 6.28. The monoisotopic (exact) mass is 362 g/mol. The average molecular weight is 362 g/mol. The maximum absolute atomic E-state index is 12.8. The molecule has 0 saturated carbocycles. The number of aromatic carboxylic acids is 1. The topological polar surface area (TPSA) is 55.1 Å². The number of alkyl halides is 3. The molecule has 0 atom stereocenters. The van der Waals surface area contributed by atoms with Crippen molar-refractivity contribution >= 4 is 38.6 Å². The van der Waals surface area contributed by atoms with Gasteiger partial charge in [-0.1, -0.05) is 0 Å². The van der Waals surface area contributed by atoms with E-state index in [-0.39, 0.29) is 5.56 Å². The van der Waals surface area contributed by atoms with E-state index in [1.54, 1.807) is 22.2 Å². The molecule has 0 saturated heterocycles. The number of carboxylic acids is 1. The molecular weight excluding hydrogens is 353 g/mol. The van der Waals surface area contributed by atoms with Crippen LogP contribution in [0.4, 0.5) is 13.2 Å². The minimum absolute atomic E-state index is 0.146. The van der Waals surface area contributed by atoms with Crippen molar-refractivity contribution in [3.63, 3.8) is 0 Å². The molecule has 4 rings (SSSR count). The normalized spacial score (nSPS) is 12.1. The number of rotatable bonds is 2. The van der Waals surface area contributed by atoms with E-state index in [1.165, 1.54) is 29.5 Å². The lowest BCUT2D eigenvalue weighted by Gasteiger charge is -2.10. The lowest BCUT2D eigenvalue weighted by Crippen LogP contribution is -2.05. The van der Waals surface area contributed by atoms with E-state index in [0.29, 0.717) is 22.2 Å². The van der Waals surface area contributed by atoms with Crippen LogP contribution in [0.25, 0.3) is 26.9 Å². The molecule has 8 heteroatoms. The number of hydrogen-bond donors (Lipinski definition) is 1. The summed E-state index contributed by atoms with van der Waals surface area (Å²) in [6.45, 7) is 0. The first-order chi connectivity index (χ1) is 11.9. The minimum atomic E-state index is -4.40. The van der Waals surface area contributed by atoms with Gasteiger partial charge in [0.25, 0.3) is 0 Å². The Hall–Kier alpha value is -2.87. The number of aromatic nitrogens is 2. The number of nitrogens with zero attached hydrogens (tertiary/aromatic N) is 2. The molecule has 4 aromatic rings. The second kappa shape index (κ2) is 5.32. The molecule has 0 unspecified atom stereocenters. The van der Waals surface area contributed by atoms with Crippen LogP contribution in [0.1, 0.15) is 15.9 Å². The van der Waals surface area contributed by atoms with Crippen molar-refractivity contribution in [2.75, 3.05) is 0 Å². The lowest BCUT2D eigenvalue weighted by molar-refractivity contribution is -0.137. The minimum Gasteiger partial charge on any atom is -0.478 e. The van der Waals surface area contributed by atoms with E-state index >= 15 is 0 Å². The third-order valence-electron chi connectivity index (χ3n) is 3.94. The predicted molar refractivity (Wildman–Crippen MR) is 88.4 cm³/mol. The van der Waals surface area contributed by atoms with Crippen LogP contribution in [-0.2, 0) is 6.18 Å². The fourth-order valence-corrected chi connectivity index (χ4v) is 3.60. The van der Waals surface area contributed by atoms with Gasteiger partial charge in [0, 0.05) is 11.1 Å². The largest absolute Gasteiger partial charge is 0.478 e. The highest BCUT2D eigenvalue weighted by molar-refractivity contribution is 7.17. The number of carbonyl (C=O) groups is 1. The molecule has 0 radical (unpaired) electrons. The molecule has 126 valence electrons. The van der Waals surface area contributed by atoms with Gasteiger partial charge < -0.3 is 5.11 Å². The van der Waals surface area contributed by atoms with E-state index < -0.39 is 17.7 Å². The van der Waals surface area contributed by atoms with E-state index in [4.69, 9.17) is 0 Å². The van der Waals surface area contributed by atoms with Crippen LogP contribution in [0.3, 0.4) is 0 Å². The highest BCUT2D eigenvalue weighted by Gasteiger charge is 2.30.